The number of nitrogens with zero attached hydrogens (tertiary/aromatic N) is 4. The summed E-state index contributed by atoms with van der Waals surface area (Å²) in [7, 11) is 0. The van der Waals surface area contributed by atoms with Gasteiger partial charge in [-0.15, -0.1) is 0 Å². The lowest BCUT2D eigenvalue weighted by atomic mass is 10.0. The van der Waals surface area contributed by atoms with E-state index in [2.05, 4.69) is 26.4 Å². The Morgan fingerprint density at radius 3 is 3.31 bits per heavy atom. The summed E-state index contributed by atoms with van der Waals surface area (Å²) in [5, 5.41) is 7.61. The molecule has 0 radical (unpaired) electrons. The summed E-state index contributed by atoms with van der Waals surface area (Å²) in [6.45, 7) is 4.25. The molecular weight excluding hydrogens is 202 g/mol. The first-order valence-corrected chi connectivity index (χ1v) is 5.70. The van der Waals surface area contributed by atoms with Crippen molar-refractivity contribution in [2.24, 2.45) is 5.92 Å². The second-order valence-corrected chi connectivity index (χ2v) is 4.42. The van der Waals surface area contributed by atoms with Crippen LogP contribution >= 0.6 is 0 Å². The van der Waals surface area contributed by atoms with Crippen LogP contribution in [-0.2, 0) is 6.42 Å². The Bertz CT molecular complexity index is 498. The minimum atomic E-state index is 0.709. The van der Waals surface area contributed by atoms with Gasteiger partial charge in [0.2, 0.25) is 0 Å². The zero-order chi connectivity index (χ0) is 11.0. The highest BCUT2D eigenvalue weighted by molar-refractivity contribution is 5.30. The molecule has 0 aliphatic carbocycles. The van der Waals surface area contributed by atoms with Gasteiger partial charge in [-0.25, -0.2) is 9.50 Å². The second-order valence-electron chi connectivity index (χ2n) is 4.42. The van der Waals surface area contributed by atoms with Crippen molar-refractivity contribution < 1.29 is 0 Å². The van der Waals surface area contributed by atoms with E-state index >= 15 is 0 Å². The van der Waals surface area contributed by atoms with Crippen LogP contribution in [0.3, 0.4) is 0 Å². The number of aryl methyl sites for hydroxylation is 1. The van der Waals surface area contributed by atoms with Gasteiger partial charge in [-0.3, -0.25) is 0 Å². The number of hydrogen-bond acceptors (Lipinski definition) is 4. The molecule has 1 N–H and O–H groups in total. The number of nitrogens with one attached hydrogen (secondary N) is 1. The molecule has 2 aromatic heterocycles. The molecule has 0 amide bonds. The summed E-state index contributed by atoms with van der Waals surface area (Å²) in [4.78, 5) is 8.48. The quantitative estimate of drug-likeness (QED) is 0.799. The van der Waals surface area contributed by atoms with Crippen LogP contribution in [0.15, 0.2) is 12.4 Å². The molecule has 0 saturated carbocycles. The first-order chi connectivity index (χ1) is 7.83. The van der Waals surface area contributed by atoms with Gasteiger partial charge in [-0.2, -0.15) is 10.1 Å². The topological polar surface area (TPSA) is 55.1 Å². The highest BCUT2D eigenvalue weighted by Gasteiger charge is 2.17. The summed E-state index contributed by atoms with van der Waals surface area (Å²) in [6.07, 6.45) is 3.87. The van der Waals surface area contributed by atoms with Gasteiger partial charge in [0.05, 0.1) is 0 Å². The highest BCUT2D eigenvalue weighted by atomic mass is 15.3. The second kappa shape index (κ2) is 3.83. The van der Waals surface area contributed by atoms with Crippen LogP contribution < -0.4 is 5.32 Å². The average molecular weight is 217 g/mol. The number of fused-ring (bicyclic) bond motifs is 1. The molecule has 2 aromatic rings. The molecule has 1 unspecified atom stereocenters. The smallest absolute Gasteiger partial charge is 0.252 e. The number of rotatable bonds is 2. The predicted molar refractivity (Wildman–Crippen MR) is 60.2 cm³/mol. The third kappa shape index (κ3) is 1.67. The largest absolute Gasteiger partial charge is 0.316 e. The van der Waals surface area contributed by atoms with Crippen LogP contribution in [0.25, 0.3) is 5.78 Å². The average Bonchev–Trinajstić information content (AvgIpc) is 2.87. The molecule has 84 valence electrons. The van der Waals surface area contributed by atoms with Crippen molar-refractivity contribution in [1.82, 2.24) is 24.9 Å². The molecule has 0 aromatic carbocycles. The first kappa shape index (κ1) is 9.72. The van der Waals surface area contributed by atoms with Crippen molar-refractivity contribution in [3.8, 4) is 0 Å². The molecule has 1 fully saturated rings. The lowest BCUT2D eigenvalue weighted by Gasteiger charge is -2.09. The molecule has 5 nitrogen and oxygen atoms in total. The van der Waals surface area contributed by atoms with Crippen molar-refractivity contribution >= 4 is 5.78 Å². The summed E-state index contributed by atoms with van der Waals surface area (Å²) >= 11 is 0. The van der Waals surface area contributed by atoms with Gasteiger partial charge in [0.25, 0.3) is 5.78 Å². The maximum Gasteiger partial charge on any atom is 0.252 e. The number of aromatic nitrogens is 4. The molecule has 1 aliphatic heterocycles. The lowest BCUT2D eigenvalue weighted by molar-refractivity contribution is 0.561. The predicted octanol–water partition coefficient (Wildman–Crippen LogP) is 0.585. The van der Waals surface area contributed by atoms with Crippen LogP contribution in [0.5, 0.6) is 0 Å². The van der Waals surface area contributed by atoms with E-state index in [1.807, 2.05) is 11.4 Å². The van der Waals surface area contributed by atoms with E-state index in [0.29, 0.717) is 11.7 Å². The minimum Gasteiger partial charge on any atom is -0.316 e. The van der Waals surface area contributed by atoms with E-state index in [-0.39, 0.29) is 0 Å². The van der Waals surface area contributed by atoms with Gasteiger partial charge >= 0.3 is 0 Å². The SMILES string of the molecule is Cc1cc(CC2CCNC2)n2ncnc2n1. The first-order valence-electron chi connectivity index (χ1n) is 5.70. The zero-order valence-corrected chi connectivity index (χ0v) is 9.35. The van der Waals surface area contributed by atoms with E-state index < -0.39 is 0 Å². The maximum absolute atomic E-state index is 4.34. The molecule has 3 rings (SSSR count). The Kier molecular flexibility index (Phi) is 2.32. The third-order valence-corrected chi connectivity index (χ3v) is 3.11. The summed E-state index contributed by atoms with van der Waals surface area (Å²) in [5.74, 6) is 1.43. The molecule has 1 atom stereocenters. The van der Waals surface area contributed by atoms with Gasteiger partial charge in [0.15, 0.2) is 0 Å². The fraction of sp³-hybridized carbons (Fsp3) is 0.545. The summed E-state index contributed by atoms with van der Waals surface area (Å²) in [6, 6.07) is 2.11. The molecule has 1 aliphatic rings. The molecule has 0 spiro atoms. The van der Waals surface area contributed by atoms with Crippen LogP contribution in [0.4, 0.5) is 0 Å². The Hall–Kier alpha value is -1.49. The molecule has 3 heterocycles. The molecule has 5 heteroatoms. The molecule has 0 bridgehead atoms. The van der Waals surface area contributed by atoms with Crippen molar-refractivity contribution in [3.63, 3.8) is 0 Å². The monoisotopic (exact) mass is 217 g/mol. The minimum absolute atomic E-state index is 0.709. The maximum atomic E-state index is 4.34. The van der Waals surface area contributed by atoms with E-state index in [0.717, 1.165) is 25.2 Å². The van der Waals surface area contributed by atoms with Crippen LogP contribution in [0.2, 0.25) is 0 Å². The van der Waals surface area contributed by atoms with E-state index in [1.165, 1.54) is 12.1 Å². The van der Waals surface area contributed by atoms with Crippen LogP contribution in [-0.4, -0.2) is 32.7 Å². The van der Waals surface area contributed by atoms with Crippen LogP contribution in [0, 0.1) is 12.8 Å². The summed E-state index contributed by atoms with van der Waals surface area (Å²) in [5.41, 5.74) is 2.23. The van der Waals surface area contributed by atoms with E-state index in [1.54, 1.807) is 6.33 Å². The Labute approximate surface area is 93.9 Å². The van der Waals surface area contributed by atoms with Gasteiger partial charge in [0.1, 0.15) is 6.33 Å². The van der Waals surface area contributed by atoms with Gasteiger partial charge in [-0.05, 0) is 44.8 Å². The Balaban J connectivity index is 1.97. The molecule has 16 heavy (non-hydrogen) atoms. The van der Waals surface area contributed by atoms with Gasteiger partial charge < -0.3 is 5.32 Å². The van der Waals surface area contributed by atoms with Crippen LogP contribution in [0.1, 0.15) is 17.8 Å². The fourth-order valence-electron chi connectivity index (χ4n) is 2.34. The van der Waals surface area contributed by atoms with E-state index in [4.69, 9.17) is 0 Å². The fourth-order valence-corrected chi connectivity index (χ4v) is 2.34. The zero-order valence-electron chi connectivity index (χ0n) is 9.35. The van der Waals surface area contributed by atoms with Crippen molar-refractivity contribution in [2.75, 3.05) is 13.1 Å². The van der Waals surface area contributed by atoms with Crippen molar-refractivity contribution in [2.45, 2.75) is 19.8 Å². The molecular formula is C11H15N5. The third-order valence-electron chi connectivity index (χ3n) is 3.11. The van der Waals surface area contributed by atoms with Gasteiger partial charge in [0, 0.05) is 11.4 Å². The molecule has 1 saturated heterocycles. The summed E-state index contributed by atoms with van der Waals surface area (Å²) < 4.78 is 1.85. The lowest BCUT2D eigenvalue weighted by Crippen LogP contribution is -2.13. The normalized spacial score (nSPS) is 20.7. The van der Waals surface area contributed by atoms with Gasteiger partial charge in [-0.1, -0.05) is 0 Å². The number of hydrogen-bond donors (Lipinski definition) is 1. The standard InChI is InChI=1S/C11H15N5/c1-8-4-10(5-9-2-3-12-6-9)16-11(15-8)13-7-14-16/h4,7,9,12H,2-3,5-6H2,1H3. The Morgan fingerprint density at radius 2 is 2.50 bits per heavy atom. The van der Waals surface area contributed by atoms with Crippen molar-refractivity contribution in [1.29, 1.82) is 0 Å². The van der Waals surface area contributed by atoms with Crippen molar-refractivity contribution in [3.05, 3.63) is 23.8 Å². The Morgan fingerprint density at radius 1 is 1.56 bits per heavy atom. The van der Waals surface area contributed by atoms with E-state index in [9.17, 15) is 0 Å². The highest BCUT2D eigenvalue weighted by Crippen LogP contribution is 2.15.